The molecule has 4 heteroatoms. The van der Waals surface area contributed by atoms with Crippen molar-refractivity contribution >= 4 is 22.5 Å². The second-order valence-electron chi connectivity index (χ2n) is 8.07. The quantitative estimate of drug-likeness (QED) is 0.452. The zero-order valence-electron chi connectivity index (χ0n) is 17.1. The Morgan fingerprint density at radius 3 is 1.64 bits per heavy atom. The lowest BCUT2D eigenvalue weighted by molar-refractivity contribution is 0.380. The van der Waals surface area contributed by atoms with Crippen LogP contribution in [0.2, 0.25) is 28.4 Å². The van der Waals surface area contributed by atoms with E-state index in [9.17, 15) is 0 Å². The van der Waals surface area contributed by atoms with Gasteiger partial charge in [-0.2, -0.15) is 0 Å². The molecular weight excluding hydrogens is 299 g/mol. The molecule has 0 aliphatic rings. The molecule has 0 aromatic carbocycles. The third kappa shape index (κ3) is 7.49. The Balaban J connectivity index is 4.96. The summed E-state index contributed by atoms with van der Waals surface area (Å²) in [7, 11) is 0.921. The average Bonchev–Trinajstić information content (AvgIpc) is 2.43. The highest BCUT2D eigenvalue weighted by Crippen LogP contribution is 2.26. The summed E-state index contributed by atoms with van der Waals surface area (Å²) in [5, 5.41) is 4.63. The van der Waals surface area contributed by atoms with Crippen molar-refractivity contribution in [2.24, 2.45) is 11.8 Å². The van der Waals surface area contributed by atoms with Gasteiger partial charge in [-0.15, -0.1) is 0 Å². The molecule has 0 rings (SSSR count). The minimum atomic E-state index is -1.45. The summed E-state index contributed by atoms with van der Waals surface area (Å²) in [4.78, 5) is 0. The monoisotopic (exact) mass is 342 g/mol. The number of nitrogens with zero attached hydrogens (tertiary/aromatic N) is 2. The van der Waals surface area contributed by atoms with Crippen molar-refractivity contribution in [3.05, 3.63) is 0 Å². The fraction of sp³-hybridized carbons (Fsp3) is 1.00. The molecule has 0 N–H and O–H groups in total. The van der Waals surface area contributed by atoms with Crippen LogP contribution in [0.3, 0.4) is 0 Å². The lowest BCUT2D eigenvalue weighted by Crippen LogP contribution is -2.62. The molecule has 0 saturated carbocycles. The fourth-order valence-corrected chi connectivity index (χ4v) is 14.4. The van der Waals surface area contributed by atoms with E-state index in [2.05, 4.69) is 71.2 Å². The van der Waals surface area contributed by atoms with Crippen LogP contribution in [0.25, 0.3) is 0 Å². The van der Waals surface area contributed by atoms with Gasteiger partial charge in [0.1, 0.15) is 0 Å². The average molecular weight is 343 g/mol. The van der Waals surface area contributed by atoms with E-state index in [1.807, 2.05) is 0 Å². The van der Waals surface area contributed by atoms with Crippen LogP contribution in [-0.4, -0.2) is 58.4 Å². The Kier molecular flexibility index (Phi) is 11.6. The van der Waals surface area contributed by atoms with Crippen molar-refractivity contribution in [3.8, 4) is 0 Å². The Morgan fingerprint density at radius 2 is 1.32 bits per heavy atom. The first-order chi connectivity index (χ1) is 10.2. The van der Waals surface area contributed by atoms with Gasteiger partial charge >= 0.3 is 0 Å². The van der Waals surface area contributed by atoms with E-state index in [0.29, 0.717) is 0 Å². The van der Waals surface area contributed by atoms with Gasteiger partial charge in [0, 0.05) is 0 Å². The molecule has 0 aliphatic carbocycles. The van der Waals surface area contributed by atoms with Crippen LogP contribution in [-0.2, 0) is 0 Å². The summed E-state index contributed by atoms with van der Waals surface area (Å²) in [6.45, 7) is 22.9. The molecule has 0 aromatic rings. The van der Waals surface area contributed by atoms with Crippen LogP contribution in [0.1, 0.15) is 48.5 Å². The number of hydrogen-bond acceptors (Lipinski definition) is 2. The van der Waals surface area contributed by atoms with Crippen molar-refractivity contribution in [1.29, 1.82) is 0 Å². The first-order valence-corrected chi connectivity index (χ1v) is 14.7. The van der Waals surface area contributed by atoms with Crippen molar-refractivity contribution in [3.63, 3.8) is 0 Å². The Bertz CT molecular complexity index is 272. The van der Waals surface area contributed by atoms with Crippen LogP contribution in [0.15, 0.2) is 0 Å². The molecule has 1 unspecified atom stereocenters. The molecular formula is C18H43AlN2Si. The maximum absolute atomic E-state index is 2.80. The lowest BCUT2D eigenvalue weighted by atomic mass is 10.3. The molecule has 0 heterocycles. The highest BCUT2D eigenvalue weighted by atomic mass is 28.3. The fourth-order valence-electron chi connectivity index (χ4n) is 3.98. The first kappa shape index (κ1) is 22.7. The van der Waals surface area contributed by atoms with Gasteiger partial charge in [0.05, 0.1) is 0 Å². The van der Waals surface area contributed by atoms with Crippen molar-refractivity contribution in [1.82, 2.24) is 9.13 Å². The van der Waals surface area contributed by atoms with E-state index in [1.165, 1.54) is 36.2 Å². The molecule has 0 amide bonds. The highest BCUT2D eigenvalue weighted by molar-refractivity contribution is 6.75. The third-order valence-electron chi connectivity index (χ3n) is 5.38. The topological polar surface area (TPSA) is 6.48 Å². The van der Waals surface area contributed by atoms with Crippen molar-refractivity contribution in [2.75, 3.05) is 26.7 Å². The molecule has 0 fully saturated rings. The molecule has 0 aromatic heterocycles. The molecule has 132 valence electrons. The molecule has 0 radical (unpaired) electrons. The van der Waals surface area contributed by atoms with Gasteiger partial charge in [0.25, 0.3) is 14.1 Å². The number of hydrogen-bond donors (Lipinski definition) is 0. The van der Waals surface area contributed by atoms with E-state index in [1.54, 1.807) is 5.28 Å². The van der Waals surface area contributed by atoms with E-state index < -0.39 is 22.5 Å². The molecule has 0 bridgehead atoms. The van der Waals surface area contributed by atoms with Crippen molar-refractivity contribution in [2.45, 2.75) is 76.9 Å². The third-order valence-corrected chi connectivity index (χ3v) is 15.5. The van der Waals surface area contributed by atoms with Gasteiger partial charge in [-0.05, 0) is 39.3 Å². The Hall–Kier alpha value is 0.669. The number of rotatable bonds is 12. The molecule has 2 nitrogen and oxygen atoms in total. The Morgan fingerprint density at radius 1 is 0.864 bits per heavy atom. The summed E-state index contributed by atoms with van der Waals surface area (Å²) < 4.78 is 5.50. The largest absolute Gasteiger partial charge is 0.315 e. The van der Waals surface area contributed by atoms with Crippen LogP contribution in [0.5, 0.6) is 0 Å². The van der Waals surface area contributed by atoms with Gasteiger partial charge in [-0.25, -0.2) is 0 Å². The van der Waals surface area contributed by atoms with E-state index in [0.717, 1.165) is 11.8 Å². The predicted molar refractivity (Wildman–Crippen MR) is 108 cm³/mol. The van der Waals surface area contributed by atoms with Crippen LogP contribution < -0.4 is 0 Å². The maximum atomic E-state index is 2.80. The molecule has 22 heavy (non-hydrogen) atoms. The summed E-state index contributed by atoms with van der Waals surface area (Å²) in [6, 6.07) is 1.48. The van der Waals surface area contributed by atoms with Crippen LogP contribution >= 0.6 is 0 Å². The summed E-state index contributed by atoms with van der Waals surface area (Å²) >= 11 is -0.584. The zero-order chi connectivity index (χ0) is 17.3. The minimum absolute atomic E-state index is 0.584. The summed E-state index contributed by atoms with van der Waals surface area (Å²) in [6.07, 6.45) is 0. The molecule has 0 saturated heterocycles. The second-order valence-corrected chi connectivity index (χ2v) is 15.6. The summed E-state index contributed by atoms with van der Waals surface area (Å²) in [5.41, 5.74) is 0. The molecule has 0 aliphatic heterocycles. The first-order valence-electron chi connectivity index (χ1n) is 9.67. The lowest BCUT2D eigenvalue weighted by Gasteiger charge is -2.45. The van der Waals surface area contributed by atoms with Gasteiger partial charge in [-0.3, -0.25) is 0 Å². The van der Waals surface area contributed by atoms with Gasteiger partial charge in [-0.1, -0.05) is 76.2 Å². The van der Waals surface area contributed by atoms with E-state index in [-0.39, 0.29) is 0 Å². The van der Waals surface area contributed by atoms with E-state index in [4.69, 9.17) is 0 Å². The van der Waals surface area contributed by atoms with E-state index >= 15 is 0 Å². The highest BCUT2D eigenvalue weighted by Gasteiger charge is 2.38. The Labute approximate surface area is 147 Å². The summed E-state index contributed by atoms with van der Waals surface area (Å²) in [5.74, 6) is 1.78. The minimum Gasteiger partial charge on any atom is -0.315 e. The van der Waals surface area contributed by atoms with Gasteiger partial charge < -0.3 is 9.13 Å². The smallest absolute Gasteiger partial charge is 0.262 e. The zero-order valence-corrected chi connectivity index (χ0v) is 19.2. The SMILES string of the molecule is CCN(C)[Si](C)(C[CH2][Al]([CH2]C(C)C)[CH2]C(C)C)N(CC)CC. The van der Waals surface area contributed by atoms with Crippen LogP contribution in [0, 0.1) is 11.8 Å². The predicted octanol–water partition coefficient (Wildman–Crippen LogP) is 5.16. The standard InChI is InChI=1S/C10H25N2Si.2C4H9.Al/c1-7-11(5)13(6,10-4)12(8-2)9-3;2*1-4(2)3;/h4,7-10H2,1-3,5-6H3;2*4H,1H2,2-3H3;. The van der Waals surface area contributed by atoms with Crippen LogP contribution in [0.4, 0.5) is 0 Å². The van der Waals surface area contributed by atoms with Gasteiger partial charge in [0.2, 0.25) is 8.40 Å². The van der Waals surface area contributed by atoms with Crippen molar-refractivity contribution < 1.29 is 0 Å². The second kappa shape index (κ2) is 11.3. The van der Waals surface area contributed by atoms with Gasteiger partial charge in [0.15, 0.2) is 0 Å². The normalized spacial score (nSPS) is 15.1. The molecule has 1 atom stereocenters. The maximum Gasteiger partial charge on any atom is 0.262 e. The molecule has 0 spiro atoms.